The van der Waals surface area contributed by atoms with Gasteiger partial charge in [-0.2, -0.15) is 0 Å². The summed E-state index contributed by atoms with van der Waals surface area (Å²) in [6.45, 7) is 2.43. The summed E-state index contributed by atoms with van der Waals surface area (Å²) in [4.78, 5) is 40.4. The number of rotatable bonds is 11. The number of benzene rings is 1. The fourth-order valence-corrected chi connectivity index (χ4v) is 4.90. The number of nitrogens with zero attached hydrogens (tertiary/aromatic N) is 1. The number of ketones is 1. The normalized spacial score (nSPS) is 24.3. The van der Waals surface area contributed by atoms with E-state index in [1.54, 1.807) is 14.2 Å². The standard InChI is InChI=1S/C25H37ClN4O7/c1-34-8-9-37-25(33)15-4-6-28-20(10-15)21(31)13-30-7-5-19(23(14-30)36-3)29-24(32)16-11-17(26)18(27)12-22(16)35-2/h11-12,15,19-20,23,28H,4-10,13-14,27H2,1-3H3,(H,29,32)/t15?,19-,20?,23+/m1/s1. The fraction of sp³-hybridized carbons (Fsp3) is 0.640. The molecule has 4 atom stereocenters. The summed E-state index contributed by atoms with van der Waals surface area (Å²) in [5.74, 6) is -0.583. The average Bonchev–Trinajstić information content (AvgIpc) is 2.90. The van der Waals surface area contributed by atoms with Crippen molar-refractivity contribution in [2.45, 2.75) is 37.5 Å². The molecule has 2 aliphatic rings. The molecule has 206 valence electrons. The number of ether oxygens (including phenoxy) is 4. The molecule has 0 spiro atoms. The Labute approximate surface area is 222 Å². The second-order valence-corrected chi connectivity index (χ2v) is 9.71. The summed E-state index contributed by atoms with van der Waals surface area (Å²) >= 11 is 6.11. The number of nitrogens with two attached hydrogens (primary N) is 1. The van der Waals surface area contributed by atoms with Crippen LogP contribution in [-0.4, -0.2) is 101 Å². The molecule has 2 saturated heterocycles. The van der Waals surface area contributed by atoms with E-state index in [0.717, 1.165) is 0 Å². The molecular weight excluding hydrogens is 504 g/mol. The molecule has 3 rings (SSSR count). The number of Topliss-reactive ketones (excluding diaryl/α,β-unsaturated/α-hetero) is 1. The Morgan fingerprint density at radius 1 is 1.19 bits per heavy atom. The second kappa shape index (κ2) is 13.9. The van der Waals surface area contributed by atoms with Gasteiger partial charge < -0.3 is 35.3 Å². The van der Waals surface area contributed by atoms with E-state index < -0.39 is 6.04 Å². The largest absolute Gasteiger partial charge is 0.496 e. The van der Waals surface area contributed by atoms with Gasteiger partial charge in [-0.3, -0.25) is 19.3 Å². The SMILES string of the molecule is COCCOC(=O)C1CCNC(C(=O)CN2CC[C@@H](NC(=O)c3cc(Cl)c(N)cc3OC)[C@@H](OC)C2)C1. The topological polar surface area (TPSA) is 141 Å². The number of hydrogen-bond acceptors (Lipinski definition) is 10. The summed E-state index contributed by atoms with van der Waals surface area (Å²) in [5.41, 5.74) is 6.43. The van der Waals surface area contributed by atoms with Crippen molar-refractivity contribution in [3.8, 4) is 5.75 Å². The van der Waals surface area contributed by atoms with Crippen LogP contribution in [0.1, 0.15) is 29.6 Å². The maximum Gasteiger partial charge on any atom is 0.309 e. The first-order chi connectivity index (χ1) is 17.8. The smallest absolute Gasteiger partial charge is 0.309 e. The van der Waals surface area contributed by atoms with Crippen LogP contribution in [0.15, 0.2) is 12.1 Å². The molecule has 12 heteroatoms. The number of carbonyl (C=O) groups is 3. The van der Waals surface area contributed by atoms with Gasteiger partial charge in [0.1, 0.15) is 12.4 Å². The van der Waals surface area contributed by atoms with E-state index >= 15 is 0 Å². The monoisotopic (exact) mass is 540 g/mol. The maximum absolute atomic E-state index is 13.0. The van der Waals surface area contributed by atoms with E-state index in [-0.39, 0.29) is 59.5 Å². The molecule has 0 aromatic heterocycles. The molecule has 11 nitrogen and oxygen atoms in total. The third-order valence-electron chi connectivity index (χ3n) is 6.86. The number of nitrogen functional groups attached to an aromatic ring is 1. The number of anilines is 1. The van der Waals surface area contributed by atoms with E-state index in [9.17, 15) is 14.4 Å². The van der Waals surface area contributed by atoms with Crippen molar-refractivity contribution in [1.29, 1.82) is 0 Å². The van der Waals surface area contributed by atoms with Crippen LogP contribution in [0.5, 0.6) is 5.75 Å². The van der Waals surface area contributed by atoms with Gasteiger partial charge in [0.05, 0.1) is 60.6 Å². The zero-order valence-electron chi connectivity index (χ0n) is 21.6. The van der Waals surface area contributed by atoms with E-state index in [1.807, 2.05) is 4.90 Å². The lowest BCUT2D eigenvalue weighted by Crippen LogP contribution is -2.57. The fourth-order valence-electron chi connectivity index (χ4n) is 4.74. The zero-order valence-corrected chi connectivity index (χ0v) is 22.3. The highest BCUT2D eigenvalue weighted by atomic mass is 35.5. The minimum Gasteiger partial charge on any atom is -0.496 e. The van der Waals surface area contributed by atoms with Gasteiger partial charge >= 0.3 is 5.97 Å². The highest BCUT2D eigenvalue weighted by molar-refractivity contribution is 6.33. The molecule has 1 amide bonds. The van der Waals surface area contributed by atoms with Gasteiger partial charge in [-0.25, -0.2) is 0 Å². The lowest BCUT2D eigenvalue weighted by atomic mass is 9.90. The second-order valence-electron chi connectivity index (χ2n) is 9.31. The highest BCUT2D eigenvalue weighted by Gasteiger charge is 2.35. The van der Waals surface area contributed by atoms with Gasteiger partial charge in [0, 0.05) is 33.4 Å². The minimum absolute atomic E-state index is 0.0213. The molecule has 1 aromatic carbocycles. The number of amides is 1. The minimum atomic E-state index is -0.408. The van der Waals surface area contributed by atoms with Crippen molar-refractivity contribution >= 4 is 34.9 Å². The van der Waals surface area contributed by atoms with Gasteiger partial charge in [0.15, 0.2) is 5.78 Å². The Kier molecular flexibility index (Phi) is 11.0. The lowest BCUT2D eigenvalue weighted by molar-refractivity contribution is -0.151. The molecule has 0 aliphatic carbocycles. The summed E-state index contributed by atoms with van der Waals surface area (Å²) in [6, 6.07) is 2.33. The molecule has 0 radical (unpaired) electrons. The summed E-state index contributed by atoms with van der Waals surface area (Å²) < 4.78 is 21.1. The molecule has 2 unspecified atom stereocenters. The Balaban J connectivity index is 1.53. The number of piperidine rings is 2. The molecular formula is C25H37ClN4O7. The number of carbonyl (C=O) groups excluding carboxylic acids is 3. The number of nitrogens with one attached hydrogen (secondary N) is 2. The van der Waals surface area contributed by atoms with Gasteiger partial charge in [-0.05, 0) is 31.9 Å². The van der Waals surface area contributed by atoms with Crippen LogP contribution in [-0.2, 0) is 23.8 Å². The van der Waals surface area contributed by atoms with Crippen molar-refractivity contribution in [3.63, 3.8) is 0 Å². The molecule has 37 heavy (non-hydrogen) atoms. The van der Waals surface area contributed by atoms with Crippen molar-refractivity contribution in [2.24, 2.45) is 5.92 Å². The predicted octanol–water partition coefficient (Wildman–Crippen LogP) is 0.877. The highest BCUT2D eigenvalue weighted by Crippen LogP contribution is 2.29. The van der Waals surface area contributed by atoms with Crippen LogP contribution < -0.4 is 21.1 Å². The molecule has 4 N–H and O–H groups in total. The molecule has 2 aliphatic heterocycles. The van der Waals surface area contributed by atoms with Gasteiger partial charge in [0.25, 0.3) is 5.91 Å². The number of esters is 1. The first-order valence-corrected chi connectivity index (χ1v) is 12.8. The van der Waals surface area contributed by atoms with Crippen LogP contribution >= 0.6 is 11.6 Å². The van der Waals surface area contributed by atoms with E-state index in [0.29, 0.717) is 56.9 Å². The third kappa shape index (κ3) is 7.78. The van der Waals surface area contributed by atoms with Crippen molar-refractivity contribution in [2.75, 3.05) is 66.5 Å². The van der Waals surface area contributed by atoms with Gasteiger partial charge in [0.2, 0.25) is 0 Å². The maximum atomic E-state index is 13.0. The summed E-state index contributed by atoms with van der Waals surface area (Å²) in [5, 5.41) is 6.50. The molecule has 2 heterocycles. The van der Waals surface area contributed by atoms with Crippen molar-refractivity contribution < 1.29 is 33.3 Å². The Bertz CT molecular complexity index is 963. The zero-order chi connectivity index (χ0) is 26.9. The first kappa shape index (κ1) is 29.1. The molecule has 1 aromatic rings. The lowest BCUT2D eigenvalue weighted by Gasteiger charge is -2.38. The van der Waals surface area contributed by atoms with Crippen LogP contribution in [0.25, 0.3) is 0 Å². The Morgan fingerprint density at radius 2 is 1.97 bits per heavy atom. The van der Waals surface area contributed by atoms with Crippen LogP contribution in [0.2, 0.25) is 5.02 Å². The summed E-state index contributed by atoms with van der Waals surface area (Å²) in [7, 11) is 4.59. The van der Waals surface area contributed by atoms with Gasteiger partial charge in [-0.15, -0.1) is 0 Å². The van der Waals surface area contributed by atoms with Crippen LogP contribution in [0.3, 0.4) is 0 Å². The number of hydrogen-bond donors (Lipinski definition) is 3. The quantitative estimate of drug-likeness (QED) is 0.210. The van der Waals surface area contributed by atoms with Gasteiger partial charge in [-0.1, -0.05) is 11.6 Å². The van der Waals surface area contributed by atoms with Crippen molar-refractivity contribution in [1.82, 2.24) is 15.5 Å². The molecule has 2 fully saturated rings. The first-order valence-electron chi connectivity index (χ1n) is 12.4. The van der Waals surface area contributed by atoms with E-state index in [1.165, 1.54) is 19.2 Å². The Hall–Kier alpha value is -2.44. The summed E-state index contributed by atoms with van der Waals surface area (Å²) in [6.07, 6.45) is 1.33. The number of methoxy groups -OCH3 is 3. The van der Waals surface area contributed by atoms with Crippen LogP contribution in [0.4, 0.5) is 5.69 Å². The van der Waals surface area contributed by atoms with Crippen LogP contribution in [0, 0.1) is 5.92 Å². The Morgan fingerprint density at radius 3 is 2.68 bits per heavy atom. The number of halogens is 1. The van der Waals surface area contributed by atoms with E-state index in [4.69, 9.17) is 36.3 Å². The average molecular weight is 541 g/mol. The van der Waals surface area contributed by atoms with Crippen molar-refractivity contribution in [3.05, 3.63) is 22.7 Å². The molecule has 0 saturated carbocycles. The number of likely N-dealkylation sites (tertiary alicyclic amines) is 1. The predicted molar refractivity (Wildman–Crippen MR) is 138 cm³/mol. The molecule has 0 bridgehead atoms. The van der Waals surface area contributed by atoms with E-state index in [2.05, 4.69) is 10.6 Å². The third-order valence-corrected chi connectivity index (χ3v) is 7.19.